The van der Waals surface area contributed by atoms with Gasteiger partial charge in [0.15, 0.2) is 0 Å². The van der Waals surface area contributed by atoms with Crippen LogP contribution in [0.5, 0.6) is 0 Å². The van der Waals surface area contributed by atoms with Crippen LogP contribution in [0.3, 0.4) is 0 Å². The molecule has 1 heterocycles. The van der Waals surface area contributed by atoms with Gasteiger partial charge in [0.05, 0.1) is 5.75 Å². The molecule has 1 unspecified atom stereocenters. The number of carbonyl (C=O) groups is 2. The van der Waals surface area contributed by atoms with Gasteiger partial charge in [0.2, 0.25) is 11.8 Å². The Hall–Kier alpha value is -1.49. The Morgan fingerprint density at radius 3 is 2.89 bits per heavy atom. The summed E-state index contributed by atoms with van der Waals surface area (Å²) in [6, 6.07) is 9.44. The van der Waals surface area contributed by atoms with E-state index in [0.717, 1.165) is 4.90 Å². The Balaban J connectivity index is 1.90. The Bertz CT molecular complexity index is 436. The van der Waals surface area contributed by atoms with Gasteiger partial charge >= 0.3 is 0 Å². The molecule has 1 aromatic carbocycles. The van der Waals surface area contributed by atoms with E-state index >= 15 is 0 Å². The second kappa shape index (κ2) is 5.91. The highest BCUT2D eigenvalue weighted by molar-refractivity contribution is 8.00. The molecule has 1 N–H and O–H groups in total. The molecule has 18 heavy (non-hydrogen) atoms. The maximum absolute atomic E-state index is 12.1. The second-order valence-corrected chi connectivity index (χ2v) is 5.20. The second-order valence-electron chi connectivity index (χ2n) is 4.16. The highest BCUT2D eigenvalue weighted by Crippen LogP contribution is 2.18. The summed E-state index contributed by atoms with van der Waals surface area (Å²) < 4.78 is 0. The molecule has 1 saturated heterocycles. The zero-order valence-electron chi connectivity index (χ0n) is 10.3. The normalized spacial score (nSPS) is 19.5. The van der Waals surface area contributed by atoms with Crippen molar-refractivity contribution in [1.29, 1.82) is 0 Å². The van der Waals surface area contributed by atoms with Crippen molar-refractivity contribution in [2.24, 2.45) is 0 Å². The van der Waals surface area contributed by atoms with Crippen LogP contribution in [0, 0.1) is 0 Å². The number of nitrogens with one attached hydrogen (secondary N) is 1. The van der Waals surface area contributed by atoms with E-state index in [1.807, 2.05) is 30.3 Å². The largest absolute Gasteiger partial charge is 0.353 e. The molecule has 1 atom stereocenters. The van der Waals surface area contributed by atoms with E-state index < -0.39 is 0 Å². The number of hydrogen-bond donors (Lipinski definition) is 1. The lowest BCUT2D eigenvalue weighted by atomic mass is 10.2. The van der Waals surface area contributed by atoms with Gasteiger partial charge in [-0.15, -0.1) is 11.8 Å². The molecular weight excluding hydrogens is 248 g/mol. The van der Waals surface area contributed by atoms with Crippen molar-refractivity contribution in [3.63, 3.8) is 0 Å². The van der Waals surface area contributed by atoms with Crippen molar-refractivity contribution in [2.45, 2.75) is 17.9 Å². The first-order valence-corrected chi connectivity index (χ1v) is 6.92. The fraction of sp³-hybridized carbons (Fsp3) is 0.385. The molecule has 4 nitrogen and oxygen atoms in total. The minimum atomic E-state index is -0.359. The van der Waals surface area contributed by atoms with Crippen LogP contribution in [-0.2, 0) is 9.59 Å². The van der Waals surface area contributed by atoms with E-state index in [2.05, 4.69) is 5.32 Å². The van der Waals surface area contributed by atoms with Gasteiger partial charge < -0.3 is 10.2 Å². The third-order valence-corrected chi connectivity index (χ3v) is 3.92. The molecule has 1 aliphatic rings. The van der Waals surface area contributed by atoms with Crippen LogP contribution in [-0.4, -0.2) is 41.6 Å². The number of rotatable bonds is 3. The summed E-state index contributed by atoms with van der Waals surface area (Å²) >= 11 is 1.50. The Labute approximate surface area is 111 Å². The summed E-state index contributed by atoms with van der Waals surface area (Å²) in [5.41, 5.74) is 0. The van der Waals surface area contributed by atoms with Crippen molar-refractivity contribution < 1.29 is 9.59 Å². The van der Waals surface area contributed by atoms with Crippen LogP contribution in [0.4, 0.5) is 0 Å². The van der Waals surface area contributed by atoms with E-state index in [1.54, 1.807) is 11.8 Å². The first-order valence-electron chi connectivity index (χ1n) is 5.93. The maximum Gasteiger partial charge on any atom is 0.242 e. The molecule has 0 bridgehead atoms. The molecule has 2 amide bonds. The Morgan fingerprint density at radius 1 is 1.44 bits per heavy atom. The molecule has 0 radical (unpaired) electrons. The number of nitrogens with zero attached hydrogens (tertiary/aromatic N) is 1. The quantitative estimate of drug-likeness (QED) is 0.833. The molecule has 0 aliphatic carbocycles. The van der Waals surface area contributed by atoms with E-state index in [9.17, 15) is 9.59 Å². The SMILES string of the molecule is CC1C(=O)NCCN1C(=O)CSc1ccccc1. The Morgan fingerprint density at radius 2 is 2.17 bits per heavy atom. The highest BCUT2D eigenvalue weighted by atomic mass is 32.2. The summed E-state index contributed by atoms with van der Waals surface area (Å²) in [6.07, 6.45) is 0. The first-order chi connectivity index (χ1) is 8.68. The molecule has 5 heteroatoms. The van der Waals surface area contributed by atoms with Crippen molar-refractivity contribution in [3.8, 4) is 0 Å². The number of benzene rings is 1. The van der Waals surface area contributed by atoms with Crippen LogP contribution in [0.1, 0.15) is 6.92 Å². The third-order valence-electron chi connectivity index (χ3n) is 2.92. The zero-order chi connectivity index (χ0) is 13.0. The molecule has 0 aromatic heterocycles. The van der Waals surface area contributed by atoms with Crippen molar-refractivity contribution in [2.75, 3.05) is 18.8 Å². The van der Waals surface area contributed by atoms with Gasteiger partial charge in [0, 0.05) is 18.0 Å². The van der Waals surface area contributed by atoms with E-state index in [1.165, 1.54) is 11.8 Å². The van der Waals surface area contributed by atoms with Gasteiger partial charge in [-0.3, -0.25) is 9.59 Å². The van der Waals surface area contributed by atoms with E-state index in [0.29, 0.717) is 18.8 Å². The number of thioether (sulfide) groups is 1. The zero-order valence-corrected chi connectivity index (χ0v) is 11.1. The summed E-state index contributed by atoms with van der Waals surface area (Å²) in [7, 11) is 0. The standard InChI is InChI=1S/C13H16N2O2S/c1-10-13(17)14-7-8-15(10)12(16)9-18-11-5-3-2-4-6-11/h2-6,10H,7-9H2,1H3,(H,14,17). The van der Waals surface area contributed by atoms with Crippen LogP contribution < -0.4 is 5.32 Å². The number of amides is 2. The summed E-state index contributed by atoms with van der Waals surface area (Å²) in [4.78, 5) is 26.2. The van der Waals surface area contributed by atoms with Gasteiger partial charge in [-0.05, 0) is 19.1 Å². The number of piperazine rings is 1. The average molecular weight is 264 g/mol. The lowest BCUT2D eigenvalue weighted by Crippen LogP contribution is -2.56. The predicted molar refractivity (Wildman–Crippen MR) is 71.4 cm³/mol. The first kappa shape index (κ1) is 13.0. The lowest BCUT2D eigenvalue weighted by molar-refractivity contribution is -0.140. The highest BCUT2D eigenvalue weighted by Gasteiger charge is 2.28. The van der Waals surface area contributed by atoms with Crippen molar-refractivity contribution >= 4 is 23.6 Å². The van der Waals surface area contributed by atoms with Gasteiger partial charge in [-0.25, -0.2) is 0 Å². The number of hydrogen-bond acceptors (Lipinski definition) is 3. The third kappa shape index (κ3) is 3.04. The fourth-order valence-corrected chi connectivity index (χ4v) is 2.67. The number of carbonyl (C=O) groups excluding carboxylic acids is 2. The molecule has 0 spiro atoms. The predicted octanol–water partition coefficient (Wildman–Crippen LogP) is 1.13. The topological polar surface area (TPSA) is 49.4 Å². The maximum atomic E-state index is 12.1. The van der Waals surface area contributed by atoms with Crippen molar-refractivity contribution in [3.05, 3.63) is 30.3 Å². The fourth-order valence-electron chi connectivity index (χ4n) is 1.87. The monoisotopic (exact) mass is 264 g/mol. The summed E-state index contributed by atoms with van der Waals surface area (Å²) in [5.74, 6) is 0.326. The molecule has 0 saturated carbocycles. The molecular formula is C13H16N2O2S. The lowest BCUT2D eigenvalue weighted by Gasteiger charge is -2.32. The van der Waals surface area contributed by atoms with Crippen molar-refractivity contribution in [1.82, 2.24) is 10.2 Å². The van der Waals surface area contributed by atoms with Crippen LogP contribution >= 0.6 is 11.8 Å². The van der Waals surface area contributed by atoms with Gasteiger partial charge in [-0.1, -0.05) is 18.2 Å². The van der Waals surface area contributed by atoms with Crippen LogP contribution in [0.2, 0.25) is 0 Å². The van der Waals surface area contributed by atoms with Gasteiger partial charge in [0.1, 0.15) is 6.04 Å². The van der Waals surface area contributed by atoms with Gasteiger partial charge in [0.25, 0.3) is 0 Å². The molecule has 1 fully saturated rings. The van der Waals surface area contributed by atoms with E-state index in [-0.39, 0.29) is 17.9 Å². The Kier molecular flexibility index (Phi) is 4.25. The van der Waals surface area contributed by atoms with Gasteiger partial charge in [-0.2, -0.15) is 0 Å². The minimum absolute atomic E-state index is 0.0196. The van der Waals surface area contributed by atoms with Crippen LogP contribution in [0.15, 0.2) is 35.2 Å². The summed E-state index contributed by atoms with van der Waals surface area (Å²) in [6.45, 7) is 2.91. The average Bonchev–Trinajstić information content (AvgIpc) is 2.40. The van der Waals surface area contributed by atoms with Crippen LogP contribution in [0.25, 0.3) is 0 Å². The molecule has 1 aliphatic heterocycles. The summed E-state index contributed by atoms with van der Waals surface area (Å²) in [5, 5.41) is 2.75. The molecule has 1 aromatic rings. The smallest absolute Gasteiger partial charge is 0.242 e. The molecule has 2 rings (SSSR count). The molecule has 96 valence electrons. The van der Waals surface area contributed by atoms with E-state index in [4.69, 9.17) is 0 Å². The minimum Gasteiger partial charge on any atom is -0.353 e.